The van der Waals surface area contributed by atoms with Crippen LogP contribution in [0.25, 0.3) is 10.2 Å². The van der Waals surface area contributed by atoms with Crippen LogP contribution in [0.3, 0.4) is 0 Å². The zero-order valence-electron chi connectivity index (χ0n) is 14.7. The van der Waals surface area contributed by atoms with Gasteiger partial charge in [-0.3, -0.25) is 4.79 Å². The summed E-state index contributed by atoms with van der Waals surface area (Å²) in [6, 6.07) is 10.4. The minimum absolute atomic E-state index is 0.00832. The number of fused-ring (bicyclic) bond motifs is 1. The van der Waals surface area contributed by atoms with Gasteiger partial charge < -0.3 is 9.64 Å². The largest absolute Gasteiger partial charge is 0.467 e. The highest BCUT2D eigenvalue weighted by molar-refractivity contribution is 7.20. The van der Waals surface area contributed by atoms with Gasteiger partial charge in [0.1, 0.15) is 11.9 Å². The number of piperidine rings is 1. The molecule has 2 aromatic carbocycles. The minimum atomic E-state index is -0.587. The van der Waals surface area contributed by atoms with Gasteiger partial charge in [0.15, 0.2) is 0 Å². The van der Waals surface area contributed by atoms with E-state index in [2.05, 4.69) is 4.98 Å². The molecule has 0 N–H and O–H groups in total. The Hall–Kier alpha value is -2.18. The summed E-state index contributed by atoms with van der Waals surface area (Å²) in [5.74, 6) is -0.956. The van der Waals surface area contributed by atoms with Crippen LogP contribution < -0.4 is 4.74 Å². The molecule has 4 nitrogen and oxygen atoms in total. The van der Waals surface area contributed by atoms with E-state index in [-0.39, 0.29) is 22.6 Å². The van der Waals surface area contributed by atoms with E-state index < -0.39 is 5.82 Å². The normalized spacial score (nSPS) is 15.3. The summed E-state index contributed by atoms with van der Waals surface area (Å²) < 4.78 is 21.1. The van der Waals surface area contributed by atoms with Gasteiger partial charge in [0.25, 0.3) is 11.1 Å². The van der Waals surface area contributed by atoms with E-state index >= 15 is 0 Å². The predicted molar refractivity (Wildman–Crippen MR) is 105 cm³/mol. The molecule has 1 amide bonds. The molecule has 1 fully saturated rings. The lowest BCUT2D eigenvalue weighted by Crippen LogP contribution is -2.42. The highest BCUT2D eigenvalue weighted by atomic mass is 35.5. The summed E-state index contributed by atoms with van der Waals surface area (Å²) in [6.45, 7) is 3.03. The summed E-state index contributed by atoms with van der Waals surface area (Å²) in [5, 5.41) is 0.796. The topological polar surface area (TPSA) is 42.4 Å². The van der Waals surface area contributed by atoms with Crippen LogP contribution in [0.2, 0.25) is 5.02 Å². The average molecular weight is 405 g/mol. The smallest absolute Gasteiger partial charge is 0.274 e. The summed E-state index contributed by atoms with van der Waals surface area (Å²) in [4.78, 5) is 18.8. The molecule has 4 rings (SSSR count). The Balaban J connectivity index is 1.41. The van der Waals surface area contributed by atoms with Crippen molar-refractivity contribution in [3.8, 4) is 5.19 Å². The van der Waals surface area contributed by atoms with Gasteiger partial charge in [-0.1, -0.05) is 41.1 Å². The first-order valence-electron chi connectivity index (χ1n) is 8.79. The standard InChI is InChI=1S/C20H18ClFN2O2S/c1-12-4-2-7-16-18(12)23-20(27-16)26-13-8-10-24(11-9-13)19(25)17-14(21)5-3-6-15(17)22/h2-7,13H,8-11H2,1H3. The molecule has 1 aliphatic rings. The molecule has 0 aliphatic carbocycles. The van der Waals surface area contributed by atoms with Gasteiger partial charge in [0.05, 0.1) is 20.8 Å². The number of halogens is 2. The Labute approximate surface area is 165 Å². The highest BCUT2D eigenvalue weighted by Crippen LogP contribution is 2.31. The van der Waals surface area contributed by atoms with E-state index in [9.17, 15) is 9.18 Å². The summed E-state index contributed by atoms with van der Waals surface area (Å²) in [5.41, 5.74) is 2.04. The number of carbonyl (C=O) groups is 1. The van der Waals surface area contributed by atoms with Crippen LogP contribution in [0.5, 0.6) is 5.19 Å². The highest BCUT2D eigenvalue weighted by Gasteiger charge is 2.28. The maximum atomic E-state index is 14.0. The van der Waals surface area contributed by atoms with E-state index in [1.165, 1.54) is 29.5 Å². The number of para-hydroxylation sites is 1. The number of aromatic nitrogens is 1. The van der Waals surface area contributed by atoms with Gasteiger partial charge in [0, 0.05) is 25.9 Å². The molecular formula is C20H18ClFN2O2S. The van der Waals surface area contributed by atoms with E-state index in [1.807, 2.05) is 25.1 Å². The first kappa shape index (κ1) is 18.2. The molecule has 27 heavy (non-hydrogen) atoms. The molecule has 1 aliphatic heterocycles. The van der Waals surface area contributed by atoms with Gasteiger partial charge in [0.2, 0.25) is 0 Å². The Morgan fingerprint density at radius 1 is 1.26 bits per heavy atom. The summed E-state index contributed by atoms with van der Waals surface area (Å²) >= 11 is 7.54. The third-order valence-electron chi connectivity index (χ3n) is 4.77. The number of thiazole rings is 1. The maximum Gasteiger partial charge on any atom is 0.274 e. The van der Waals surface area contributed by atoms with Gasteiger partial charge in [-0.25, -0.2) is 9.37 Å². The van der Waals surface area contributed by atoms with Crippen LogP contribution in [0.15, 0.2) is 36.4 Å². The van der Waals surface area contributed by atoms with Crippen molar-refractivity contribution in [2.45, 2.75) is 25.9 Å². The number of likely N-dealkylation sites (tertiary alicyclic amines) is 1. The first-order valence-corrected chi connectivity index (χ1v) is 9.98. The summed E-state index contributed by atoms with van der Waals surface area (Å²) in [6.07, 6.45) is 1.34. The average Bonchev–Trinajstić information content (AvgIpc) is 3.06. The molecule has 0 bridgehead atoms. The van der Waals surface area contributed by atoms with Crippen LogP contribution in [-0.2, 0) is 0 Å². The van der Waals surface area contributed by atoms with Gasteiger partial charge in [-0.2, -0.15) is 0 Å². The quantitative estimate of drug-likeness (QED) is 0.611. The third-order valence-corrected chi connectivity index (χ3v) is 6.00. The molecule has 1 aromatic heterocycles. The number of nitrogens with zero attached hydrogens (tertiary/aromatic N) is 2. The van der Waals surface area contributed by atoms with Crippen molar-refractivity contribution >= 4 is 39.1 Å². The van der Waals surface area contributed by atoms with Crippen molar-refractivity contribution in [3.63, 3.8) is 0 Å². The molecule has 2 heterocycles. The zero-order valence-corrected chi connectivity index (χ0v) is 16.3. The molecular weight excluding hydrogens is 387 g/mol. The number of hydrogen-bond donors (Lipinski definition) is 0. The molecule has 0 spiro atoms. The van der Waals surface area contributed by atoms with Crippen molar-refractivity contribution in [3.05, 3.63) is 58.4 Å². The van der Waals surface area contributed by atoms with Crippen molar-refractivity contribution in [1.82, 2.24) is 9.88 Å². The van der Waals surface area contributed by atoms with Crippen LogP contribution in [0, 0.1) is 12.7 Å². The Morgan fingerprint density at radius 3 is 2.70 bits per heavy atom. The van der Waals surface area contributed by atoms with Crippen molar-refractivity contribution in [2.24, 2.45) is 0 Å². The van der Waals surface area contributed by atoms with Gasteiger partial charge in [-0.15, -0.1) is 0 Å². The number of carbonyl (C=O) groups excluding carboxylic acids is 1. The van der Waals surface area contributed by atoms with Crippen LogP contribution in [-0.4, -0.2) is 35.0 Å². The zero-order chi connectivity index (χ0) is 19.0. The Bertz CT molecular complexity index is 979. The number of hydrogen-bond acceptors (Lipinski definition) is 4. The Morgan fingerprint density at radius 2 is 2.00 bits per heavy atom. The van der Waals surface area contributed by atoms with Crippen molar-refractivity contribution in [1.29, 1.82) is 0 Å². The molecule has 0 unspecified atom stereocenters. The lowest BCUT2D eigenvalue weighted by Gasteiger charge is -2.31. The molecule has 7 heteroatoms. The second-order valence-electron chi connectivity index (χ2n) is 6.61. The first-order chi connectivity index (χ1) is 13.0. The third kappa shape index (κ3) is 3.64. The van der Waals surface area contributed by atoms with Crippen molar-refractivity contribution < 1.29 is 13.9 Å². The maximum absolute atomic E-state index is 14.0. The molecule has 1 saturated heterocycles. The van der Waals surface area contributed by atoms with E-state index in [4.69, 9.17) is 16.3 Å². The molecule has 0 radical (unpaired) electrons. The number of benzene rings is 2. The fraction of sp³-hybridized carbons (Fsp3) is 0.300. The predicted octanol–water partition coefficient (Wildman–Crippen LogP) is 5.08. The molecule has 140 valence electrons. The molecule has 0 atom stereocenters. The monoisotopic (exact) mass is 404 g/mol. The summed E-state index contributed by atoms with van der Waals surface area (Å²) in [7, 11) is 0. The van der Waals surface area contributed by atoms with Crippen LogP contribution >= 0.6 is 22.9 Å². The molecule has 0 saturated carbocycles. The fourth-order valence-electron chi connectivity index (χ4n) is 3.30. The number of ether oxygens (including phenoxy) is 1. The fourth-order valence-corrected chi connectivity index (χ4v) is 4.50. The van der Waals surface area contributed by atoms with Crippen LogP contribution in [0.1, 0.15) is 28.8 Å². The lowest BCUT2D eigenvalue weighted by molar-refractivity contribution is 0.0591. The van der Waals surface area contributed by atoms with Gasteiger partial charge >= 0.3 is 0 Å². The van der Waals surface area contributed by atoms with Gasteiger partial charge in [-0.05, 0) is 30.7 Å². The van der Waals surface area contributed by atoms with E-state index in [1.54, 1.807) is 4.90 Å². The van der Waals surface area contributed by atoms with Crippen molar-refractivity contribution in [2.75, 3.05) is 13.1 Å². The second kappa shape index (κ2) is 7.44. The number of rotatable bonds is 3. The Kier molecular flexibility index (Phi) is 5.02. The number of aryl methyl sites for hydroxylation is 1. The second-order valence-corrected chi connectivity index (χ2v) is 8.01. The number of amides is 1. The van der Waals surface area contributed by atoms with E-state index in [0.717, 1.165) is 15.8 Å². The van der Waals surface area contributed by atoms with Crippen LogP contribution in [0.4, 0.5) is 4.39 Å². The SMILES string of the molecule is Cc1cccc2sc(OC3CCN(C(=O)c4c(F)cccc4Cl)CC3)nc12. The van der Waals surface area contributed by atoms with E-state index in [0.29, 0.717) is 31.1 Å². The minimum Gasteiger partial charge on any atom is -0.467 e. The molecule has 3 aromatic rings. The lowest BCUT2D eigenvalue weighted by atomic mass is 10.1.